The van der Waals surface area contributed by atoms with E-state index in [1.54, 1.807) is 6.20 Å². The van der Waals surface area contributed by atoms with Gasteiger partial charge in [-0.3, -0.25) is 4.98 Å². The van der Waals surface area contributed by atoms with Crippen LogP contribution in [0.5, 0.6) is 0 Å². The lowest BCUT2D eigenvalue weighted by Gasteiger charge is -2.22. The molecule has 0 saturated carbocycles. The second kappa shape index (κ2) is 5.85. The smallest absolute Gasteiger partial charge is 0.0558 e. The Bertz CT molecular complexity index is 451. The van der Waals surface area contributed by atoms with Gasteiger partial charge >= 0.3 is 0 Å². The number of hydrogen-bond donors (Lipinski definition) is 0. The second-order valence-corrected chi connectivity index (χ2v) is 3.87. The van der Waals surface area contributed by atoms with Crippen LogP contribution in [-0.2, 0) is 6.54 Å². The molecule has 0 saturated heterocycles. The zero-order valence-electron chi connectivity index (χ0n) is 9.79. The zero-order chi connectivity index (χ0) is 11.9. The molecule has 17 heavy (non-hydrogen) atoms. The van der Waals surface area contributed by atoms with Gasteiger partial charge in [-0.1, -0.05) is 36.4 Å². The molecule has 0 unspecified atom stereocenters. The van der Waals surface area contributed by atoms with Crippen LogP contribution in [0.1, 0.15) is 5.56 Å². The first kappa shape index (κ1) is 11.4. The fourth-order valence-corrected chi connectivity index (χ4v) is 1.76. The number of rotatable bonds is 5. The monoisotopic (exact) mass is 224 g/mol. The number of aromatic nitrogens is 1. The van der Waals surface area contributed by atoms with Crippen LogP contribution in [0.4, 0.5) is 5.69 Å². The van der Waals surface area contributed by atoms with Crippen molar-refractivity contribution in [3.05, 3.63) is 73.1 Å². The first-order valence-corrected chi connectivity index (χ1v) is 5.70. The van der Waals surface area contributed by atoms with Gasteiger partial charge in [0.1, 0.15) is 0 Å². The zero-order valence-corrected chi connectivity index (χ0v) is 9.79. The number of hydrogen-bond acceptors (Lipinski definition) is 2. The summed E-state index contributed by atoms with van der Waals surface area (Å²) in [7, 11) is 0. The number of pyridine rings is 1. The second-order valence-electron chi connectivity index (χ2n) is 3.87. The molecule has 0 aliphatic heterocycles. The summed E-state index contributed by atoms with van der Waals surface area (Å²) >= 11 is 0. The van der Waals surface area contributed by atoms with Crippen LogP contribution in [0.3, 0.4) is 0 Å². The van der Waals surface area contributed by atoms with Crippen LogP contribution in [0.25, 0.3) is 0 Å². The molecule has 0 spiro atoms. The van der Waals surface area contributed by atoms with Crippen molar-refractivity contribution in [1.82, 2.24) is 4.98 Å². The summed E-state index contributed by atoms with van der Waals surface area (Å²) in [6.07, 6.45) is 5.58. The van der Waals surface area contributed by atoms with Crippen molar-refractivity contribution in [2.75, 3.05) is 11.4 Å². The van der Waals surface area contributed by atoms with Crippen molar-refractivity contribution in [3.8, 4) is 0 Å². The van der Waals surface area contributed by atoms with E-state index in [9.17, 15) is 0 Å². The molecule has 1 aromatic carbocycles. The quantitative estimate of drug-likeness (QED) is 0.725. The maximum Gasteiger partial charge on any atom is 0.0558 e. The normalized spacial score (nSPS) is 9.88. The number of benzene rings is 1. The van der Waals surface area contributed by atoms with Gasteiger partial charge in [-0.2, -0.15) is 0 Å². The maximum atomic E-state index is 4.15. The molecule has 2 aromatic rings. The predicted molar refractivity (Wildman–Crippen MR) is 71.9 cm³/mol. The van der Waals surface area contributed by atoms with Gasteiger partial charge in [0, 0.05) is 19.3 Å². The van der Waals surface area contributed by atoms with Crippen molar-refractivity contribution in [2.24, 2.45) is 0 Å². The van der Waals surface area contributed by atoms with Crippen LogP contribution in [-0.4, -0.2) is 11.5 Å². The Labute approximate surface area is 102 Å². The summed E-state index contributed by atoms with van der Waals surface area (Å²) in [6.45, 7) is 5.50. The Kier molecular flexibility index (Phi) is 3.92. The average molecular weight is 224 g/mol. The first-order valence-electron chi connectivity index (χ1n) is 5.70. The Hall–Kier alpha value is -2.09. The third-order valence-corrected chi connectivity index (χ3v) is 2.58. The Morgan fingerprint density at radius 1 is 1.12 bits per heavy atom. The Morgan fingerprint density at radius 2 is 1.94 bits per heavy atom. The molecule has 0 N–H and O–H groups in total. The van der Waals surface area contributed by atoms with Crippen LogP contribution in [0.2, 0.25) is 0 Å². The molecule has 1 aromatic heterocycles. The highest BCUT2D eigenvalue weighted by molar-refractivity contribution is 5.45. The molecule has 0 fully saturated rings. The summed E-state index contributed by atoms with van der Waals surface area (Å²) in [5, 5.41) is 0. The summed E-state index contributed by atoms with van der Waals surface area (Å²) in [5.74, 6) is 0. The van der Waals surface area contributed by atoms with E-state index in [2.05, 4.69) is 46.8 Å². The summed E-state index contributed by atoms with van der Waals surface area (Å²) < 4.78 is 0. The van der Waals surface area contributed by atoms with Gasteiger partial charge in [0.15, 0.2) is 0 Å². The number of anilines is 1. The van der Waals surface area contributed by atoms with Crippen LogP contribution >= 0.6 is 0 Å². The van der Waals surface area contributed by atoms with Crippen molar-refractivity contribution in [1.29, 1.82) is 0 Å². The Balaban J connectivity index is 2.16. The number of nitrogens with zero attached hydrogens (tertiary/aromatic N) is 2. The molecular formula is C15H16N2. The lowest BCUT2D eigenvalue weighted by Crippen LogP contribution is -2.22. The maximum absolute atomic E-state index is 4.15. The van der Waals surface area contributed by atoms with E-state index in [0.29, 0.717) is 0 Å². The van der Waals surface area contributed by atoms with E-state index < -0.39 is 0 Å². The van der Waals surface area contributed by atoms with E-state index in [1.807, 2.05) is 24.4 Å². The van der Waals surface area contributed by atoms with Crippen LogP contribution in [0, 0.1) is 0 Å². The SMILES string of the molecule is C=CCN(Cc1ccccc1)c1cccnc1. The molecule has 0 aliphatic carbocycles. The predicted octanol–water partition coefficient (Wildman–Crippen LogP) is 3.27. The molecule has 0 amide bonds. The molecule has 2 rings (SSSR count). The topological polar surface area (TPSA) is 16.1 Å². The highest BCUT2D eigenvalue weighted by atomic mass is 15.1. The van der Waals surface area contributed by atoms with E-state index >= 15 is 0 Å². The van der Waals surface area contributed by atoms with Crippen molar-refractivity contribution in [3.63, 3.8) is 0 Å². The average Bonchev–Trinajstić information content (AvgIpc) is 2.40. The van der Waals surface area contributed by atoms with Gasteiger partial charge in [0.2, 0.25) is 0 Å². The molecular weight excluding hydrogens is 208 g/mol. The molecule has 86 valence electrons. The fourth-order valence-electron chi connectivity index (χ4n) is 1.76. The molecule has 2 nitrogen and oxygen atoms in total. The third kappa shape index (κ3) is 3.18. The lowest BCUT2D eigenvalue weighted by molar-refractivity contribution is 0.864. The lowest BCUT2D eigenvalue weighted by atomic mass is 10.2. The first-order chi connectivity index (χ1) is 8.40. The van der Waals surface area contributed by atoms with Gasteiger partial charge < -0.3 is 4.90 Å². The summed E-state index contributed by atoms with van der Waals surface area (Å²) in [4.78, 5) is 6.40. The van der Waals surface area contributed by atoms with E-state index in [4.69, 9.17) is 0 Å². The van der Waals surface area contributed by atoms with Crippen molar-refractivity contribution < 1.29 is 0 Å². The minimum Gasteiger partial charge on any atom is -0.362 e. The standard InChI is InChI=1S/C15H16N2/c1-2-11-17(15-9-6-10-16-12-15)13-14-7-4-3-5-8-14/h2-10,12H,1,11,13H2. The highest BCUT2D eigenvalue weighted by Crippen LogP contribution is 2.15. The highest BCUT2D eigenvalue weighted by Gasteiger charge is 2.04. The molecule has 2 heteroatoms. The van der Waals surface area contributed by atoms with Crippen molar-refractivity contribution >= 4 is 5.69 Å². The molecule has 1 heterocycles. The summed E-state index contributed by atoms with van der Waals surface area (Å²) in [6, 6.07) is 14.4. The Morgan fingerprint density at radius 3 is 2.59 bits per heavy atom. The van der Waals surface area contributed by atoms with Gasteiger partial charge in [-0.15, -0.1) is 6.58 Å². The fraction of sp³-hybridized carbons (Fsp3) is 0.133. The van der Waals surface area contributed by atoms with Gasteiger partial charge in [-0.05, 0) is 17.7 Å². The van der Waals surface area contributed by atoms with Crippen molar-refractivity contribution in [2.45, 2.75) is 6.54 Å². The van der Waals surface area contributed by atoms with Gasteiger partial charge in [-0.25, -0.2) is 0 Å². The molecule has 0 atom stereocenters. The van der Waals surface area contributed by atoms with Crippen LogP contribution in [0.15, 0.2) is 67.5 Å². The van der Waals surface area contributed by atoms with E-state index in [0.717, 1.165) is 18.8 Å². The van der Waals surface area contributed by atoms with Gasteiger partial charge in [0.25, 0.3) is 0 Å². The van der Waals surface area contributed by atoms with Gasteiger partial charge in [0.05, 0.1) is 11.9 Å². The summed E-state index contributed by atoms with van der Waals surface area (Å²) in [5.41, 5.74) is 2.41. The largest absolute Gasteiger partial charge is 0.362 e. The molecule has 0 radical (unpaired) electrons. The van der Waals surface area contributed by atoms with E-state index in [1.165, 1.54) is 5.56 Å². The third-order valence-electron chi connectivity index (χ3n) is 2.58. The minimum absolute atomic E-state index is 0.820. The van der Waals surface area contributed by atoms with Crippen LogP contribution < -0.4 is 4.90 Å². The molecule has 0 bridgehead atoms. The minimum atomic E-state index is 0.820. The molecule has 0 aliphatic rings. The van der Waals surface area contributed by atoms with E-state index in [-0.39, 0.29) is 0 Å².